The van der Waals surface area contributed by atoms with Gasteiger partial charge in [0.15, 0.2) is 0 Å². The van der Waals surface area contributed by atoms with Crippen molar-refractivity contribution >= 4 is 5.82 Å². The summed E-state index contributed by atoms with van der Waals surface area (Å²) in [6.45, 7) is 8.30. The molecule has 1 fully saturated rings. The lowest BCUT2D eigenvalue weighted by molar-refractivity contribution is 0.243. The Bertz CT molecular complexity index is 354. The fraction of sp³-hybridized carbons (Fsp3) is 0.583. The fourth-order valence-corrected chi connectivity index (χ4v) is 1.99. The lowest BCUT2D eigenvalue weighted by atomic mass is 9.80. The first-order chi connectivity index (χ1) is 7.03. The number of pyridine rings is 1. The summed E-state index contributed by atoms with van der Waals surface area (Å²) in [7, 11) is 0. The standard InChI is InChI=1S/C12H19N3/c1-9(2)12(13)7-15(8-12)11-10(3)5-4-6-14-11/h4-6,9H,7-8,13H2,1-3H3. The van der Waals surface area contributed by atoms with E-state index in [4.69, 9.17) is 5.73 Å². The minimum Gasteiger partial charge on any atom is -0.353 e. The van der Waals surface area contributed by atoms with Crippen molar-refractivity contribution < 1.29 is 0 Å². The third kappa shape index (κ3) is 1.72. The van der Waals surface area contributed by atoms with Crippen molar-refractivity contribution in [3.05, 3.63) is 23.9 Å². The van der Waals surface area contributed by atoms with E-state index in [1.54, 1.807) is 0 Å². The van der Waals surface area contributed by atoms with Gasteiger partial charge in [0, 0.05) is 19.3 Å². The highest BCUT2D eigenvalue weighted by atomic mass is 15.3. The number of hydrogen-bond acceptors (Lipinski definition) is 3. The average Bonchev–Trinajstić information content (AvgIpc) is 2.14. The largest absolute Gasteiger partial charge is 0.353 e. The van der Waals surface area contributed by atoms with Gasteiger partial charge in [-0.25, -0.2) is 4.98 Å². The molecule has 82 valence electrons. The lowest BCUT2D eigenvalue weighted by Crippen LogP contribution is -2.70. The topological polar surface area (TPSA) is 42.2 Å². The molecule has 1 saturated heterocycles. The third-order valence-electron chi connectivity index (χ3n) is 3.40. The molecule has 0 aromatic carbocycles. The summed E-state index contributed by atoms with van der Waals surface area (Å²) >= 11 is 0. The van der Waals surface area contributed by atoms with E-state index in [-0.39, 0.29) is 5.54 Å². The van der Waals surface area contributed by atoms with E-state index in [0.717, 1.165) is 18.9 Å². The van der Waals surface area contributed by atoms with E-state index < -0.39 is 0 Å². The number of aryl methyl sites for hydroxylation is 1. The molecule has 0 unspecified atom stereocenters. The van der Waals surface area contributed by atoms with Gasteiger partial charge in [-0.05, 0) is 24.5 Å². The van der Waals surface area contributed by atoms with Gasteiger partial charge in [-0.1, -0.05) is 19.9 Å². The molecule has 2 N–H and O–H groups in total. The Morgan fingerprint density at radius 2 is 2.13 bits per heavy atom. The van der Waals surface area contributed by atoms with Crippen LogP contribution in [-0.4, -0.2) is 23.6 Å². The maximum absolute atomic E-state index is 6.25. The zero-order valence-corrected chi connectivity index (χ0v) is 9.70. The number of aromatic nitrogens is 1. The monoisotopic (exact) mass is 205 g/mol. The smallest absolute Gasteiger partial charge is 0.131 e. The Morgan fingerprint density at radius 1 is 1.47 bits per heavy atom. The highest BCUT2D eigenvalue weighted by molar-refractivity contribution is 5.50. The van der Waals surface area contributed by atoms with Crippen LogP contribution in [0.25, 0.3) is 0 Å². The van der Waals surface area contributed by atoms with Crippen LogP contribution in [0.4, 0.5) is 5.82 Å². The predicted molar refractivity (Wildman–Crippen MR) is 62.9 cm³/mol. The molecule has 1 aromatic heterocycles. The molecule has 2 heterocycles. The summed E-state index contributed by atoms with van der Waals surface area (Å²) in [5.41, 5.74) is 7.46. The van der Waals surface area contributed by atoms with Gasteiger partial charge in [-0.3, -0.25) is 0 Å². The van der Waals surface area contributed by atoms with Gasteiger partial charge >= 0.3 is 0 Å². The molecule has 0 radical (unpaired) electrons. The van der Waals surface area contributed by atoms with Crippen molar-refractivity contribution in [1.29, 1.82) is 0 Å². The number of anilines is 1. The molecule has 0 bridgehead atoms. The molecule has 3 heteroatoms. The van der Waals surface area contributed by atoms with Crippen molar-refractivity contribution in [3.8, 4) is 0 Å². The van der Waals surface area contributed by atoms with Crippen molar-refractivity contribution in [1.82, 2.24) is 4.98 Å². The fourth-order valence-electron chi connectivity index (χ4n) is 1.99. The molecule has 3 nitrogen and oxygen atoms in total. The molecule has 1 aliphatic heterocycles. The zero-order valence-electron chi connectivity index (χ0n) is 9.70. The van der Waals surface area contributed by atoms with Crippen LogP contribution in [0.3, 0.4) is 0 Å². The summed E-state index contributed by atoms with van der Waals surface area (Å²) in [6.07, 6.45) is 1.84. The minimum absolute atomic E-state index is 0.0238. The van der Waals surface area contributed by atoms with Crippen molar-refractivity contribution in [2.24, 2.45) is 11.7 Å². The van der Waals surface area contributed by atoms with Crippen LogP contribution < -0.4 is 10.6 Å². The highest BCUT2D eigenvalue weighted by Crippen LogP contribution is 2.31. The van der Waals surface area contributed by atoms with Crippen LogP contribution in [0.15, 0.2) is 18.3 Å². The summed E-state index contributed by atoms with van der Waals surface area (Å²) in [6, 6.07) is 4.06. The first-order valence-corrected chi connectivity index (χ1v) is 5.48. The molecule has 1 aliphatic rings. The SMILES string of the molecule is Cc1cccnc1N1CC(N)(C(C)C)C1. The van der Waals surface area contributed by atoms with Gasteiger partial charge < -0.3 is 10.6 Å². The molecular formula is C12H19N3. The number of nitrogens with two attached hydrogens (primary N) is 1. The van der Waals surface area contributed by atoms with Gasteiger partial charge in [0.1, 0.15) is 5.82 Å². The second-order valence-electron chi connectivity index (χ2n) is 4.89. The van der Waals surface area contributed by atoms with Crippen molar-refractivity contribution in [2.75, 3.05) is 18.0 Å². The molecule has 1 aromatic rings. The Labute approximate surface area is 91.3 Å². The van der Waals surface area contributed by atoms with Crippen LogP contribution in [0, 0.1) is 12.8 Å². The van der Waals surface area contributed by atoms with Gasteiger partial charge in [0.05, 0.1) is 5.54 Å². The van der Waals surface area contributed by atoms with E-state index in [0.29, 0.717) is 5.92 Å². The van der Waals surface area contributed by atoms with Crippen LogP contribution >= 0.6 is 0 Å². The quantitative estimate of drug-likeness (QED) is 0.796. The van der Waals surface area contributed by atoms with Gasteiger partial charge in [0.2, 0.25) is 0 Å². The van der Waals surface area contributed by atoms with Gasteiger partial charge in [-0.15, -0.1) is 0 Å². The highest BCUT2D eigenvalue weighted by Gasteiger charge is 2.42. The summed E-state index contributed by atoms with van der Waals surface area (Å²) < 4.78 is 0. The zero-order chi connectivity index (χ0) is 11.1. The molecule has 0 atom stereocenters. The Balaban J connectivity index is 2.10. The molecule has 0 spiro atoms. The van der Waals surface area contributed by atoms with Crippen LogP contribution in [-0.2, 0) is 0 Å². The van der Waals surface area contributed by atoms with Crippen molar-refractivity contribution in [3.63, 3.8) is 0 Å². The molecule has 0 saturated carbocycles. The lowest BCUT2D eigenvalue weighted by Gasteiger charge is -2.51. The van der Waals surface area contributed by atoms with Crippen LogP contribution in [0.5, 0.6) is 0 Å². The second kappa shape index (κ2) is 3.49. The average molecular weight is 205 g/mol. The molecule has 0 amide bonds. The van der Waals surface area contributed by atoms with Crippen molar-refractivity contribution in [2.45, 2.75) is 26.3 Å². The summed E-state index contributed by atoms with van der Waals surface area (Å²) in [4.78, 5) is 6.65. The second-order valence-corrected chi connectivity index (χ2v) is 4.89. The third-order valence-corrected chi connectivity index (χ3v) is 3.40. The van der Waals surface area contributed by atoms with E-state index in [9.17, 15) is 0 Å². The first-order valence-electron chi connectivity index (χ1n) is 5.48. The number of nitrogens with zero attached hydrogens (tertiary/aromatic N) is 2. The molecule has 15 heavy (non-hydrogen) atoms. The molecule has 0 aliphatic carbocycles. The minimum atomic E-state index is -0.0238. The van der Waals surface area contributed by atoms with Crippen LogP contribution in [0.2, 0.25) is 0 Å². The van der Waals surface area contributed by atoms with E-state index in [2.05, 4.69) is 36.7 Å². The Hall–Kier alpha value is -1.09. The van der Waals surface area contributed by atoms with Crippen LogP contribution in [0.1, 0.15) is 19.4 Å². The van der Waals surface area contributed by atoms with E-state index >= 15 is 0 Å². The predicted octanol–water partition coefficient (Wildman–Crippen LogP) is 1.56. The van der Waals surface area contributed by atoms with Gasteiger partial charge in [0.25, 0.3) is 0 Å². The normalized spacial score (nSPS) is 19.1. The molecule has 2 rings (SSSR count). The Kier molecular flexibility index (Phi) is 2.43. The van der Waals surface area contributed by atoms with Gasteiger partial charge in [-0.2, -0.15) is 0 Å². The maximum Gasteiger partial charge on any atom is 0.131 e. The Morgan fingerprint density at radius 3 is 2.67 bits per heavy atom. The number of rotatable bonds is 2. The van der Waals surface area contributed by atoms with E-state index in [1.807, 2.05) is 12.3 Å². The summed E-state index contributed by atoms with van der Waals surface area (Å²) in [5, 5.41) is 0. The maximum atomic E-state index is 6.25. The van der Waals surface area contributed by atoms with E-state index in [1.165, 1.54) is 5.56 Å². The summed E-state index contributed by atoms with van der Waals surface area (Å²) in [5.74, 6) is 1.61. The molecular weight excluding hydrogens is 186 g/mol. The number of hydrogen-bond donors (Lipinski definition) is 1. The first kappa shape index (κ1) is 10.4.